The van der Waals surface area contributed by atoms with Gasteiger partial charge in [-0.2, -0.15) is 0 Å². The van der Waals surface area contributed by atoms with E-state index in [4.69, 9.17) is 4.74 Å². The summed E-state index contributed by atoms with van der Waals surface area (Å²) in [5.41, 5.74) is 0. The van der Waals surface area contributed by atoms with Crippen molar-refractivity contribution >= 4 is 0 Å². The molecule has 0 aromatic carbocycles. The Kier molecular flexibility index (Phi) is 5.46. The van der Waals surface area contributed by atoms with E-state index in [0.29, 0.717) is 12.2 Å². The fourth-order valence-corrected chi connectivity index (χ4v) is 3.38. The molecule has 0 aliphatic carbocycles. The van der Waals surface area contributed by atoms with E-state index in [2.05, 4.69) is 24.1 Å². The first-order valence-electron chi connectivity index (χ1n) is 7.71. The summed E-state index contributed by atoms with van der Waals surface area (Å²) in [7, 11) is 2.01. The lowest BCUT2D eigenvalue weighted by atomic mass is 9.86. The van der Waals surface area contributed by atoms with Gasteiger partial charge in [0, 0.05) is 13.1 Å². The van der Waals surface area contributed by atoms with Gasteiger partial charge in [0.05, 0.1) is 12.2 Å². The molecule has 0 aromatic rings. The molecule has 18 heavy (non-hydrogen) atoms. The lowest BCUT2D eigenvalue weighted by Gasteiger charge is -2.35. The van der Waals surface area contributed by atoms with Crippen LogP contribution in [0.2, 0.25) is 0 Å². The number of likely N-dealkylation sites (tertiary alicyclic amines) is 1. The van der Waals surface area contributed by atoms with E-state index >= 15 is 0 Å². The van der Waals surface area contributed by atoms with Crippen LogP contribution in [0, 0.1) is 11.8 Å². The van der Waals surface area contributed by atoms with Gasteiger partial charge in [-0.1, -0.05) is 13.8 Å². The first-order chi connectivity index (χ1) is 8.69. The molecule has 0 saturated carbocycles. The highest BCUT2D eigenvalue weighted by molar-refractivity contribution is 4.80. The lowest BCUT2D eigenvalue weighted by molar-refractivity contribution is 0.0156. The standard InChI is InChI=1S/C15H30N2O/c1-12(2)13-6-8-17(9-7-13)11-15-5-4-14(18-15)10-16-3/h12-16H,4-11H2,1-3H3. The van der Waals surface area contributed by atoms with Crippen molar-refractivity contribution in [1.82, 2.24) is 10.2 Å². The van der Waals surface area contributed by atoms with Crippen molar-refractivity contribution < 1.29 is 4.74 Å². The van der Waals surface area contributed by atoms with Crippen LogP contribution in [0.25, 0.3) is 0 Å². The fraction of sp³-hybridized carbons (Fsp3) is 1.00. The van der Waals surface area contributed by atoms with Gasteiger partial charge < -0.3 is 15.0 Å². The molecule has 2 aliphatic heterocycles. The number of nitrogens with zero attached hydrogens (tertiary/aromatic N) is 1. The zero-order chi connectivity index (χ0) is 13.0. The van der Waals surface area contributed by atoms with Gasteiger partial charge in [-0.15, -0.1) is 0 Å². The van der Waals surface area contributed by atoms with Crippen molar-refractivity contribution in [2.75, 3.05) is 33.2 Å². The second kappa shape index (κ2) is 6.88. The minimum Gasteiger partial charge on any atom is -0.372 e. The van der Waals surface area contributed by atoms with Gasteiger partial charge in [0.2, 0.25) is 0 Å². The van der Waals surface area contributed by atoms with Gasteiger partial charge in [0.1, 0.15) is 0 Å². The Hall–Kier alpha value is -0.120. The molecule has 2 saturated heterocycles. The molecule has 0 bridgehead atoms. The van der Waals surface area contributed by atoms with E-state index in [1.807, 2.05) is 7.05 Å². The van der Waals surface area contributed by atoms with Crippen molar-refractivity contribution in [3.63, 3.8) is 0 Å². The van der Waals surface area contributed by atoms with E-state index in [1.54, 1.807) is 0 Å². The molecule has 0 amide bonds. The molecule has 3 nitrogen and oxygen atoms in total. The van der Waals surface area contributed by atoms with Crippen LogP contribution in [-0.2, 0) is 4.74 Å². The van der Waals surface area contributed by atoms with E-state index < -0.39 is 0 Å². The SMILES string of the molecule is CNCC1CCC(CN2CCC(C(C)C)CC2)O1. The van der Waals surface area contributed by atoms with E-state index in [0.717, 1.165) is 24.9 Å². The largest absolute Gasteiger partial charge is 0.372 e. The third-order valence-corrected chi connectivity index (χ3v) is 4.66. The Labute approximate surface area is 112 Å². The van der Waals surface area contributed by atoms with Crippen molar-refractivity contribution in [2.24, 2.45) is 11.8 Å². The Morgan fingerprint density at radius 1 is 1.11 bits per heavy atom. The van der Waals surface area contributed by atoms with Gasteiger partial charge in [0.25, 0.3) is 0 Å². The van der Waals surface area contributed by atoms with Crippen LogP contribution in [0.1, 0.15) is 39.5 Å². The molecule has 2 heterocycles. The molecule has 2 rings (SSSR count). The topological polar surface area (TPSA) is 24.5 Å². The predicted molar refractivity (Wildman–Crippen MR) is 75.8 cm³/mol. The molecular formula is C15H30N2O. The van der Waals surface area contributed by atoms with Gasteiger partial charge in [-0.3, -0.25) is 0 Å². The maximum absolute atomic E-state index is 6.07. The number of ether oxygens (including phenoxy) is 1. The van der Waals surface area contributed by atoms with Gasteiger partial charge in [-0.25, -0.2) is 0 Å². The van der Waals surface area contributed by atoms with Gasteiger partial charge in [0.15, 0.2) is 0 Å². The summed E-state index contributed by atoms with van der Waals surface area (Å²) in [6, 6.07) is 0. The molecule has 2 aliphatic rings. The number of rotatable bonds is 5. The second-order valence-corrected chi connectivity index (χ2v) is 6.40. The smallest absolute Gasteiger partial charge is 0.0707 e. The van der Waals surface area contributed by atoms with Crippen LogP contribution in [0.4, 0.5) is 0 Å². The number of hydrogen-bond acceptors (Lipinski definition) is 3. The minimum absolute atomic E-state index is 0.452. The van der Waals surface area contributed by atoms with Crippen molar-refractivity contribution in [3.8, 4) is 0 Å². The first kappa shape index (κ1) is 14.3. The first-order valence-corrected chi connectivity index (χ1v) is 7.71. The van der Waals surface area contributed by atoms with E-state index in [-0.39, 0.29) is 0 Å². The Balaban J connectivity index is 1.66. The van der Waals surface area contributed by atoms with Gasteiger partial charge in [-0.05, 0) is 57.7 Å². The summed E-state index contributed by atoms with van der Waals surface area (Å²) in [6.45, 7) is 9.45. The molecule has 2 fully saturated rings. The number of nitrogens with one attached hydrogen (secondary N) is 1. The normalized spacial score (nSPS) is 31.3. The highest BCUT2D eigenvalue weighted by Crippen LogP contribution is 2.26. The quantitative estimate of drug-likeness (QED) is 0.813. The molecule has 0 radical (unpaired) electrons. The maximum atomic E-state index is 6.07. The highest BCUT2D eigenvalue weighted by atomic mass is 16.5. The molecule has 2 atom stereocenters. The Morgan fingerprint density at radius 3 is 2.39 bits per heavy atom. The third-order valence-electron chi connectivity index (χ3n) is 4.66. The average molecular weight is 254 g/mol. The molecule has 2 unspecified atom stereocenters. The fourth-order valence-electron chi connectivity index (χ4n) is 3.38. The van der Waals surface area contributed by atoms with Crippen molar-refractivity contribution in [2.45, 2.75) is 51.7 Å². The third kappa shape index (κ3) is 3.94. The highest BCUT2D eigenvalue weighted by Gasteiger charge is 2.28. The van der Waals surface area contributed by atoms with Crippen molar-refractivity contribution in [3.05, 3.63) is 0 Å². The van der Waals surface area contributed by atoms with E-state index in [1.165, 1.54) is 38.8 Å². The summed E-state index contributed by atoms with van der Waals surface area (Å²) in [5, 5.41) is 3.21. The zero-order valence-electron chi connectivity index (χ0n) is 12.3. The van der Waals surface area contributed by atoms with E-state index in [9.17, 15) is 0 Å². The summed E-state index contributed by atoms with van der Waals surface area (Å²) in [4.78, 5) is 2.62. The van der Waals surface area contributed by atoms with Gasteiger partial charge >= 0.3 is 0 Å². The lowest BCUT2D eigenvalue weighted by Crippen LogP contribution is -2.40. The van der Waals surface area contributed by atoms with Crippen LogP contribution in [0.5, 0.6) is 0 Å². The molecule has 106 valence electrons. The maximum Gasteiger partial charge on any atom is 0.0707 e. The summed E-state index contributed by atoms with van der Waals surface area (Å²) >= 11 is 0. The number of likely N-dealkylation sites (N-methyl/N-ethyl adjacent to an activating group) is 1. The van der Waals surface area contributed by atoms with Crippen LogP contribution in [0.15, 0.2) is 0 Å². The predicted octanol–water partition coefficient (Wildman–Crippen LogP) is 2.12. The van der Waals surface area contributed by atoms with Crippen LogP contribution in [0.3, 0.4) is 0 Å². The zero-order valence-corrected chi connectivity index (χ0v) is 12.3. The molecule has 3 heteroatoms. The molecule has 1 N–H and O–H groups in total. The van der Waals surface area contributed by atoms with Crippen LogP contribution < -0.4 is 5.32 Å². The average Bonchev–Trinajstić information content (AvgIpc) is 2.78. The second-order valence-electron chi connectivity index (χ2n) is 6.40. The van der Waals surface area contributed by atoms with Crippen LogP contribution in [-0.4, -0.2) is 50.3 Å². The molecule has 0 aromatic heterocycles. The minimum atomic E-state index is 0.452. The number of piperidine rings is 1. The Bertz CT molecular complexity index is 237. The summed E-state index contributed by atoms with van der Waals surface area (Å²) < 4.78 is 6.07. The monoisotopic (exact) mass is 254 g/mol. The Morgan fingerprint density at radius 2 is 1.78 bits per heavy atom. The summed E-state index contributed by atoms with van der Waals surface area (Å²) in [5.74, 6) is 1.80. The molecule has 0 spiro atoms. The summed E-state index contributed by atoms with van der Waals surface area (Å²) in [6.07, 6.45) is 6.17. The van der Waals surface area contributed by atoms with Crippen LogP contribution >= 0.6 is 0 Å². The molecular weight excluding hydrogens is 224 g/mol. The number of hydrogen-bond donors (Lipinski definition) is 1. The van der Waals surface area contributed by atoms with Crippen molar-refractivity contribution in [1.29, 1.82) is 0 Å².